The van der Waals surface area contributed by atoms with Gasteiger partial charge >= 0.3 is 0 Å². The quantitative estimate of drug-likeness (QED) is 0.192. The number of hydrogen-bond donors (Lipinski definition) is 0. The van der Waals surface area contributed by atoms with Crippen LogP contribution in [0.3, 0.4) is 0 Å². The second-order valence-electron chi connectivity index (χ2n) is 10.8. The van der Waals surface area contributed by atoms with E-state index in [1.54, 1.807) is 12.3 Å². The van der Waals surface area contributed by atoms with Crippen LogP contribution in [0.2, 0.25) is 0 Å². The number of rotatable bonds is 7. The summed E-state index contributed by atoms with van der Waals surface area (Å²) in [6.07, 6.45) is 3.43. The van der Waals surface area contributed by atoms with E-state index >= 15 is 4.39 Å². The molecule has 0 amide bonds. The molecule has 9 heteroatoms. The van der Waals surface area contributed by atoms with Gasteiger partial charge in [0.1, 0.15) is 23.7 Å². The summed E-state index contributed by atoms with van der Waals surface area (Å²) in [7, 11) is 0. The monoisotopic (exact) mass is 606 g/mol. The molecular formula is C35H31FN4O3S. The van der Waals surface area contributed by atoms with Gasteiger partial charge in [-0.25, -0.2) is 9.37 Å². The fraction of sp³-hybridized carbons (Fsp3) is 0.257. The Morgan fingerprint density at radius 1 is 0.886 bits per heavy atom. The second kappa shape index (κ2) is 12.7. The van der Waals surface area contributed by atoms with Crippen LogP contribution in [0.1, 0.15) is 18.4 Å². The van der Waals surface area contributed by atoms with E-state index in [1.165, 1.54) is 11.9 Å². The third-order valence-electron chi connectivity index (χ3n) is 8.07. The van der Waals surface area contributed by atoms with Crippen molar-refractivity contribution in [3.8, 4) is 34.2 Å². The van der Waals surface area contributed by atoms with Gasteiger partial charge in [0, 0.05) is 48.0 Å². The van der Waals surface area contributed by atoms with Crippen LogP contribution in [0.5, 0.6) is 5.75 Å². The van der Waals surface area contributed by atoms with Gasteiger partial charge in [0.15, 0.2) is 5.65 Å². The SMILES string of the molecule is N#Cc1cc(-c2ccnc3c2cc(-c2ccc(N4CCOCC4)c(F)c2)n3Sc2ccccc2)ccc1OC1CCOCC1. The molecule has 2 aliphatic heterocycles. The van der Waals surface area contributed by atoms with Crippen LogP contribution >= 0.6 is 11.9 Å². The van der Waals surface area contributed by atoms with Crippen molar-refractivity contribution in [2.45, 2.75) is 23.8 Å². The zero-order chi connectivity index (χ0) is 29.9. The zero-order valence-corrected chi connectivity index (χ0v) is 24.9. The molecular weight excluding hydrogens is 575 g/mol. The molecule has 2 aromatic heterocycles. The topological polar surface area (TPSA) is 72.5 Å². The lowest BCUT2D eigenvalue weighted by Gasteiger charge is -2.29. The Bertz CT molecular complexity index is 1830. The molecule has 5 aromatic rings. The van der Waals surface area contributed by atoms with Crippen LogP contribution in [0, 0.1) is 17.1 Å². The average molecular weight is 607 g/mol. The van der Waals surface area contributed by atoms with Crippen molar-refractivity contribution < 1.29 is 18.6 Å². The zero-order valence-electron chi connectivity index (χ0n) is 24.1. The molecule has 0 N–H and O–H groups in total. The van der Waals surface area contributed by atoms with E-state index in [-0.39, 0.29) is 11.9 Å². The average Bonchev–Trinajstić information content (AvgIpc) is 3.44. The lowest BCUT2D eigenvalue weighted by molar-refractivity contribution is 0.0254. The summed E-state index contributed by atoms with van der Waals surface area (Å²) in [5, 5.41) is 10.9. The Morgan fingerprint density at radius 3 is 2.43 bits per heavy atom. The first-order chi connectivity index (χ1) is 21.7. The third-order valence-corrected chi connectivity index (χ3v) is 9.10. The molecule has 0 bridgehead atoms. The van der Waals surface area contributed by atoms with Gasteiger partial charge in [-0.3, -0.25) is 3.97 Å². The lowest BCUT2D eigenvalue weighted by atomic mass is 10.0. The van der Waals surface area contributed by atoms with Gasteiger partial charge in [-0.1, -0.05) is 30.3 Å². The predicted octanol–water partition coefficient (Wildman–Crippen LogP) is 7.33. The van der Waals surface area contributed by atoms with Gasteiger partial charge < -0.3 is 19.1 Å². The largest absolute Gasteiger partial charge is 0.489 e. The molecule has 4 heterocycles. The number of nitriles is 1. The lowest BCUT2D eigenvalue weighted by Crippen LogP contribution is -2.36. The van der Waals surface area contributed by atoms with Crippen molar-refractivity contribution in [1.29, 1.82) is 5.26 Å². The molecule has 0 atom stereocenters. The van der Waals surface area contributed by atoms with E-state index in [4.69, 9.17) is 19.2 Å². The van der Waals surface area contributed by atoms with Gasteiger partial charge in [-0.2, -0.15) is 5.26 Å². The minimum Gasteiger partial charge on any atom is -0.489 e. The minimum absolute atomic E-state index is 0.0379. The summed E-state index contributed by atoms with van der Waals surface area (Å²) < 4.78 is 34.8. The summed E-state index contributed by atoms with van der Waals surface area (Å²) in [5.41, 5.74) is 5.23. The van der Waals surface area contributed by atoms with Crippen molar-refractivity contribution in [3.05, 3.63) is 96.4 Å². The molecule has 0 aliphatic carbocycles. The number of hydrogen-bond acceptors (Lipinski definition) is 7. The summed E-state index contributed by atoms with van der Waals surface area (Å²) in [5.74, 6) is 0.319. The first kappa shape index (κ1) is 28.4. The molecule has 2 fully saturated rings. The first-order valence-electron chi connectivity index (χ1n) is 14.8. The Kier molecular flexibility index (Phi) is 8.20. The minimum atomic E-state index is -0.266. The predicted molar refractivity (Wildman–Crippen MR) is 170 cm³/mol. The molecule has 0 radical (unpaired) electrons. The van der Waals surface area contributed by atoms with Crippen LogP contribution in [0.4, 0.5) is 10.1 Å². The standard InChI is InChI=1S/C35H31FN4O3S/c36-31-21-25(6-8-32(31)39-14-18-42-19-15-39)33-22-30-29(10-13-38-35(30)40(33)44-28-4-2-1-3-5-28)24-7-9-34(26(20-24)23-37)43-27-11-16-41-17-12-27/h1-10,13,20-22,27H,11-12,14-19H2. The first-order valence-corrected chi connectivity index (χ1v) is 15.6. The highest BCUT2D eigenvalue weighted by Crippen LogP contribution is 2.40. The smallest absolute Gasteiger partial charge is 0.151 e. The summed E-state index contributed by atoms with van der Waals surface area (Å²) in [6, 6.07) is 27.6. The third kappa shape index (κ3) is 5.76. The highest BCUT2D eigenvalue weighted by atomic mass is 32.2. The van der Waals surface area contributed by atoms with Gasteiger partial charge in [0.25, 0.3) is 0 Å². The molecule has 2 aliphatic rings. The van der Waals surface area contributed by atoms with Crippen molar-refractivity contribution in [3.63, 3.8) is 0 Å². The molecule has 7 nitrogen and oxygen atoms in total. The number of anilines is 1. The molecule has 0 spiro atoms. The molecule has 3 aromatic carbocycles. The van der Waals surface area contributed by atoms with E-state index in [0.29, 0.717) is 56.5 Å². The van der Waals surface area contributed by atoms with Crippen molar-refractivity contribution in [2.75, 3.05) is 44.4 Å². The Labute approximate surface area is 259 Å². The highest BCUT2D eigenvalue weighted by Gasteiger charge is 2.21. The summed E-state index contributed by atoms with van der Waals surface area (Å²) >= 11 is 1.54. The van der Waals surface area contributed by atoms with Gasteiger partial charge in [-0.05, 0) is 71.6 Å². The van der Waals surface area contributed by atoms with Gasteiger partial charge in [0.2, 0.25) is 0 Å². The van der Waals surface area contributed by atoms with E-state index in [0.717, 1.165) is 51.2 Å². The number of fused-ring (bicyclic) bond motifs is 1. The van der Waals surface area contributed by atoms with Gasteiger partial charge in [-0.15, -0.1) is 0 Å². The Hall–Kier alpha value is -4.36. The molecule has 7 rings (SSSR count). The van der Waals surface area contributed by atoms with E-state index < -0.39 is 0 Å². The molecule has 0 saturated carbocycles. The fourth-order valence-corrected chi connectivity index (χ4v) is 6.77. The maximum absolute atomic E-state index is 15.6. The Balaban J connectivity index is 1.31. The normalized spacial score (nSPS) is 15.8. The number of nitrogens with zero attached hydrogens (tertiary/aromatic N) is 4. The number of morpholine rings is 1. The van der Waals surface area contributed by atoms with Crippen LogP contribution < -0.4 is 9.64 Å². The number of ether oxygens (including phenoxy) is 3. The van der Waals surface area contributed by atoms with Gasteiger partial charge in [0.05, 0.1) is 43.4 Å². The molecule has 44 heavy (non-hydrogen) atoms. The molecule has 222 valence electrons. The molecule has 2 saturated heterocycles. The Morgan fingerprint density at radius 2 is 1.66 bits per heavy atom. The molecule has 0 unspecified atom stereocenters. The maximum atomic E-state index is 15.6. The number of aromatic nitrogens is 2. The van der Waals surface area contributed by atoms with Crippen LogP contribution in [-0.2, 0) is 9.47 Å². The van der Waals surface area contributed by atoms with Crippen LogP contribution in [-0.4, -0.2) is 54.6 Å². The van der Waals surface area contributed by atoms with Crippen LogP contribution in [0.25, 0.3) is 33.4 Å². The summed E-state index contributed by atoms with van der Waals surface area (Å²) in [6.45, 7) is 3.84. The number of pyridine rings is 1. The highest BCUT2D eigenvalue weighted by molar-refractivity contribution is 7.98. The van der Waals surface area contributed by atoms with Crippen molar-refractivity contribution >= 4 is 28.7 Å². The second-order valence-corrected chi connectivity index (χ2v) is 11.9. The van der Waals surface area contributed by atoms with Crippen molar-refractivity contribution in [2.24, 2.45) is 0 Å². The van der Waals surface area contributed by atoms with E-state index in [9.17, 15) is 5.26 Å². The number of halogens is 1. The fourth-order valence-electron chi connectivity index (χ4n) is 5.80. The van der Waals surface area contributed by atoms with Crippen molar-refractivity contribution in [1.82, 2.24) is 8.96 Å². The van der Waals surface area contributed by atoms with E-state index in [2.05, 4.69) is 16.1 Å². The van der Waals surface area contributed by atoms with Crippen LogP contribution in [0.15, 0.2) is 90.0 Å². The summed E-state index contributed by atoms with van der Waals surface area (Å²) in [4.78, 5) is 7.84. The van der Waals surface area contributed by atoms with E-state index in [1.807, 2.05) is 71.6 Å². The maximum Gasteiger partial charge on any atom is 0.151 e. The number of benzene rings is 3.